The van der Waals surface area contributed by atoms with Gasteiger partial charge in [0.1, 0.15) is 11.6 Å². The first-order chi connectivity index (χ1) is 13.5. The minimum atomic E-state index is -0.0297. The molecule has 0 unspecified atom stereocenters. The number of ether oxygens (including phenoxy) is 1. The Balaban J connectivity index is 1.42. The number of anilines is 1. The fourth-order valence-corrected chi connectivity index (χ4v) is 2.78. The molecular weight excluding hydrogens is 356 g/mol. The van der Waals surface area contributed by atoms with Crippen molar-refractivity contribution in [3.05, 3.63) is 59.4 Å². The Morgan fingerprint density at radius 1 is 1.07 bits per heavy atom. The number of rotatable bonds is 8. The second-order valence-corrected chi connectivity index (χ2v) is 6.42. The lowest BCUT2D eigenvalue weighted by molar-refractivity contribution is -0.120. The van der Waals surface area contributed by atoms with Crippen molar-refractivity contribution in [1.29, 1.82) is 0 Å². The summed E-state index contributed by atoms with van der Waals surface area (Å²) in [5.41, 5.74) is 2.89. The first-order valence-electron chi connectivity index (χ1n) is 9.06. The molecule has 28 heavy (non-hydrogen) atoms. The molecule has 0 bridgehead atoms. The summed E-state index contributed by atoms with van der Waals surface area (Å²) in [6.07, 6.45) is 0.334. The molecule has 2 heterocycles. The average Bonchev–Trinajstić information content (AvgIpc) is 3.04. The molecule has 0 spiro atoms. The lowest BCUT2D eigenvalue weighted by Crippen LogP contribution is -2.30. The van der Waals surface area contributed by atoms with Gasteiger partial charge in [0, 0.05) is 18.8 Å². The smallest absolute Gasteiger partial charge is 0.224 e. The van der Waals surface area contributed by atoms with Gasteiger partial charge in [0.15, 0.2) is 5.82 Å². The number of carbonyl (C=O) groups excluding carboxylic acids is 1. The molecule has 2 aromatic heterocycles. The number of hydrogen-bond donors (Lipinski definition) is 2. The van der Waals surface area contributed by atoms with Gasteiger partial charge >= 0.3 is 0 Å². The summed E-state index contributed by atoms with van der Waals surface area (Å²) in [6, 6.07) is 13.2. The van der Waals surface area contributed by atoms with Gasteiger partial charge in [-0.2, -0.15) is 5.10 Å². The minimum absolute atomic E-state index is 0.0297. The van der Waals surface area contributed by atoms with E-state index in [4.69, 9.17) is 4.74 Å². The normalized spacial score (nSPS) is 10.5. The van der Waals surface area contributed by atoms with Gasteiger partial charge in [-0.15, -0.1) is 10.2 Å². The number of nitrogens with zero attached hydrogens (tertiary/aromatic N) is 4. The summed E-state index contributed by atoms with van der Waals surface area (Å²) in [6.45, 7) is 4.97. The van der Waals surface area contributed by atoms with Crippen LogP contribution in [-0.4, -0.2) is 46.1 Å². The summed E-state index contributed by atoms with van der Waals surface area (Å²) in [5.74, 6) is 2.06. The second-order valence-electron chi connectivity index (χ2n) is 6.42. The molecule has 3 rings (SSSR count). The molecule has 0 fully saturated rings. The predicted octanol–water partition coefficient (Wildman–Crippen LogP) is 2.06. The third kappa shape index (κ3) is 5.06. The highest BCUT2D eigenvalue weighted by Gasteiger charge is 2.06. The fourth-order valence-electron chi connectivity index (χ4n) is 2.78. The van der Waals surface area contributed by atoms with Gasteiger partial charge < -0.3 is 15.4 Å². The zero-order chi connectivity index (χ0) is 19.9. The van der Waals surface area contributed by atoms with Crippen LogP contribution in [0.5, 0.6) is 5.75 Å². The lowest BCUT2D eigenvalue weighted by atomic mass is 10.1. The van der Waals surface area contributed by atoms with Crippen LogP contribution in [0, 0.1) is 13.8 Å². The number of benzene rings is 1. The third-order valence-corrected chi connectivity index (χ3v) is 4.15. The third-order valence-electron chi connectivity index (χ3n) is 4.15. The van der Waals surface area contributed by atoms with E-state index in [0.717, 1.165) is 22.7 Å². The highest BCUT2D eigenvalue weighted by atomic mass is 16.5. The molecule has 0 saturated carbocycles. The lowest BCUT2D eigenvalue weighted by Gasteiger charge is -2.08. The summed E-state index contributed by atoms with van der Waals surface area (Å²) < 4.78 is 6.87. The first-order valence-corrected chi connectivity index (χ1v) is 9.06. The van der Waals surface area contributed by atoms with E-state index in [1.165, 1.54) is 0 Å². The summed E-state index contributed by atoms with van der Waals surface area (Å²) in [7, 11) is 1.62. The Bertz CT molecular complexity index is 919. The van der Waals surface area contributed by atoms with E-state index in [0.29, 0.717) is 31.1 Å². The Kier molecular flexibility index (Phi) is 6.21. The topological polar surface area (TPSA) is 94.0 Å². The maximum Gasteiger partial charge on any atom is 0.224 e. The van der Waals surface area contributed by atoms with Crippen LogP contribution >= 0.6 is 0 Å². The van der Waals surface area contributed by atoms with Gasteiger partial charge in [-0.3, -0.25) is 4.79 Å². The van der Waals surface area contributed by atoms with Crippen molar-refractivity contribution in [1.82, 2.24) is 25.3 Å². The van der Waals surface area contributed by atoms with Crippen molar-refractivity contribution in [3.63, 3.8) is 0 Å². The van der Waals surface area contributed by atoms with Crippen LogP contribution in [-0.2, 0) is 11.2 Å². The maximum atomic E-state index is 12.0. The predicted molar refractivity (Wildman–Crippen MR) is 107 cm³/mol. The molecule has 0 atom stereocenters. The maximum absolute atomic E-state index is 12.0. The van der Waals surface area contributed by atoms with E-state index < -0.39 is 0 Å². The second kappa shape index (κ2) is 8.98. The van der Waals surface area contributed by atoms with Gasteiger partial charge in [-0.05, 0) is 49.7 Å². The van der Waals surface area contributed by atoms with Crippen LogP contribution in [0.2, 0.25) is 0 Å². The van der Waals surface area contributed by atoms with Gasteiger partial charge in [-0.1, -0.05) is 12.1 Å². The number of amides is 1. The minimum Gasteiger partial charge on any atom is -0.497 e. The van der Waals surface area contributed by atoms with Crippen LogP contribution < -0.4 is 15.4 Å². The van der Waals surface area contributed by atoms with Gasteiger partial charge in [0.05, 0.1) is 19.2 Å². The van der Waals surface area contributed by atoms with Crippen molar-refractivity contribution >= 4 is 11.7 Å². The summed E-state index contributed by atoms with van der Waals surface area (Å²) in [5, 5.41) is 18.8. The van der Waals surface area contributed by atoms with Crippen molar-refractivity contribution < 1.29 is 9.53 Å². The van der Waals surface area contributed by atoms with Crippen molar-refractivity contribution in [2.45, 2.75) is 20.3 Å². The SMILES string of the molecule is COc1ccc(CC(=O)NCCNc2ccc(-n3nc(C)cc3C)nn2)cc1. The van der Waals surface area contributed by atoms with Gasteiger partial charge in [0.25, 0.3) is 0 Å². The van der Waals surface area contributed by atoms with Gasteiger partial charge in [0.2, 0.25) is 5.91 Å². The van der Waals surface area contributed by atoms with Crippen LogP contribution in [0.25, 0.3) is 5.82 Å². The molecule has 146 valence electrons. The Labute approximate surface area is 163 Å². The molecule has 0 aliphatic rings. The molecule has 1 amide bonds. The van der Waals surface area contributed by atoms with E-state index in [1.54, 1.807) is 11.8 Å². The van der Waals surface area contributed by atoms with E-state index in [2.05, 4.69) is 25.9 Å². The number of aromatic nitrogens is 4. The Morgan fingerprint density at radius 2 is 1.86 bits per heavy atom. The Morgan fingerprint density at radius 3 is 2.46 bits per heavy atom. The number of methoxy groups -OCH3 is 1. The zero-order valence-electron chi connectivity index (χ0n) is 16.3. The molecule has 0 aliphatic heterocycles. The highest BCUT2D eigenvalue weighted by Crippen LogP contribution is 2.12. The van der Waals surface area contributed by atoms with E-state index in [1.807, 2.05) is 56.3 Å². The monoisotopic (exact) mass is 380 g/mol. The van der Waals surface area contributed by atoms with E-state index >= 15 is 0 Å². The number of aryl methyl sites for hydroxylation is 2. The molecule has 8 heteroatoms. The summed E-state index contributed by atoms with van der Waals surface area (Å²) in [4.78, 5) is 12.0. The van der Waals surface area contributed by atoms with Crippen LogP contribution in [0.1, 0.15) is 17.0 Å². The average molecular weight is 380 g/mol. The molecule has 0 saturated heterocycles. The highest BCUT2D eigenvalue weighted by molar-refractivity contribution is 5.78. The van der Waals surface area contributed by atoms with Crippen molar-refractivity contribution in [3.8, 4) is 11.6 Å². The molecular formula is C20H24N6O2. The number of carbonyl (C=O) groups is 1. The standard InChI is InChI=1S/C20H24N6O2/c1-14-12-15(2)26(25-14)19-9-8-18(23-24-19)21-10-11-22-20(27)13-16-4-6-17(28-3)7-5-16/h4-9,12H,10-11,13H2,1-3H3,(H,21,23)(H,22,27). The van der Waals surface area contributed by atoms with Crippen molar-refractivity contribution in [2.75, 3.05) is 25.5 Å². The summed E-state index contributed by atoms with van der Waals surface area (Å²) >= 11 is 0. The number of nitrogens with one attached hydrogen (secondary N) is 2. The molecule has 1 aromatic carbocycles. The molecule has 2 N–H and O–H groups in total. The number of hydrogen-bond acceptors (Lipinski definition) is 6. The van der Waals surface area contributed by atoms with Crippen LogP contribution in [0.3, 0.4) is 0 Å². The van der Waals surface area contributed by atoms with E-state index in [9.17, 15) is 4.79 Å². The van der Waals surface area contributed by atoms with Crippen LogP contribution in [0.15, 0.2) is 42.5 Å². The molecule has 3 aromatic rings. The largest absolute Gasteiger partial charge is 0.497 e. The molecule has 0 aliphatic carbocycles. The Hall–Kier alpha value is -3.42. The van der Waals surface area contributed by atoms with Crippen LogP contribution in [0.4, 0.5) is 5.82 Å². The van der Waals surface area contributed by atoms with Crippen molar-refractivity contribution in [2.24, 2.45) is 0 Å². The fraction of sp³-hybridized carbons (Fsp3) is 0.300. The van der Waals surface area contributed by atoms with Gasteiger partial charge in [-0.25, -0.2) is 4.68 Å². The zero-order valence-corrected chi connectivity index (χ0v) is 16.3. The first kappa shape index (κ1) is 19.3. The molecule has 0 radical (unpaired) electrons. The molecule has 8 nitrogen and oxygen atoms in total. The quantitative estimate of drug-likeness (QED) is 0.581. The van der Waals surface area contributed by atoms with E-state index in [-0.39, 0.29) is 5.91 Å².